The lowest BCUT2D eigenvalue weighted by Gasteiger charge is -2.09. The minimum Gasteiger partial charge on any atom is -0.465 e. The van der Waals surface area contributed by atoms with Crippen LogP contribution in [0.1, 0.15) is 16.8 Å². The molecule has 0 aromatic heterocycles. The van der Waals surface area contributed by atoms with Gasteiger partial charge in [0.1, 0.15) is 0 Å². The molecule has 0 spiro atoms. The quantitative estimate of drug-likeness (QED) is 0.685. The maximum absolute atomic E-state index is 11.5. The van der Waals surface area contributed by atoms with Gasteiger partial charge < -0.3 is 10.1 Å². The molecule has 1 aromatic carbocycles. The lowest BCUT2D eigenvalue weighted by atomic mass is 10.1. The number of carbonyl (C=O) groups is 2. The SMILES string of the molecule is COC(=O)c1ccc(Cl)cc1NC(=O)CCBr. The zero-order valence-electron chi connectivity index (χ0n) is 9.13. The highest BCUT2D eigenvalue weighted by Crippen LogP contribution is 2.22. The molecule has 0 saturated heterocycles. The molecule has 0 heterocycles. The summed E-state index contributed by atoms with van der Waals surface area (Å²) in [5, 5.41) is 3.60. The van der Waals surface area contributed by atoms with E-state index < -0.39 is 5.97 Å². The first kappa shape index (κ1) is 14.0. The van der Waals surface area contributed by atoms with Crippen molar-refractivity contribution in [2.24, 2.45) is 0 Å². The normalized spacial score (nSPS) is 9.82. The predicted octanol–water partition coefficient (Wildman–Crippen LogP) is 2.85. The molecule has 0 atom stereocenters. The topological polar surface area (TPSA) is 55.4 Å². The van der Waals surface area contributed by atoms with E-state index >= 15 is 0 Å². The molecule has 0 saturated carbocycles. The Morgan fingerprint density at radius 3 is 2.76 bits per heavy atom. The Labute approximate surface area is 112 Å². The minimum absolute atomic E-state index is 0.200. The van der Waals surface area contributed by atoms with Crippen molar-refractivity contribution in [2.45, 2.75) is 6.42 Å². The summed E-state index contributed by atoms with van der Waals surface area (Å²) in [4.78, 5) is 22.9. The second-order valence-electron chi connectivity index (χ2n) is 3.17. The second kappa shape index (κ2) is 6.61. The molecule has 0 fully saturated rings. The Balaban J connectivity index is 2.99. The molecule has 17 heavy (non-hydrogen) atoms. The van der Waals surface area contributed by atoms with Crippen LogP contribution in [-0.2, 0) is 9.53 Å². The first-order chi connectivity index (χ1) is 8.08. The van der Waals surface area contributed by atoms with Gasteiger partial charge in [0.05, 0.1) is 18.4 Å². The average Bonchev–Trinajstić information content (AvgIpc) is 2.28. The number of ether oxygens (including phenoxy) is 1. The van der Waals surface area contributed by atoms with E-state index in [1.807, 2.05) is 0 Å². The molecule has 1 N–H and O–H groups in total. The zero-order chi connectivity index (χ0) is 12.8. The summed E-state index contributed by atoms with van der Waals surface area (Å²) in [7, 11) is 1.28. The molecule has 0 aliphatic rings. The molecular weight excluding hydrogens is 309 g/mol. The molecule has 6 heteroatoms. The molecule has 92 valence electrons. The third-order valence-corrected chi connectivity index (χ3v) is 2.61. The Morgan fingerprint density at radius 1 is 1.47 bits per heavy atom. The maximum Gasteiger partial charge on any atom is 0.339 e. The molecule has 1 amide bonds. The van der Waals surface area contributed by atoms with Gasteiger partial charge in [0.2, 0.25) is 5.91 Å². The van der Waals surface area contributed by atoms with E-state index in [0.29, 0.717) is 22.5 Å². The summed E-state index contributed by atoms with van der Waals surface area (Å²) >= 11 is 8.97. The van der Waals surface area contributed by atoms with Crippen LogP contribution >= 0.6 is 27.5 Å². The number of alkyl halides is 1. The van der Waals surface area contributed by atoms with E-state index in [9.17, 15) is 9.59 Å². The van der Waals surface area contributed by atoms with Crippen LogP contribution in [0.5, 0.6) is 0 Å². The van der Waals surface area contributed by atoms with Crippen molar-refractivity contribution in [3.63, 3.8) is 0 Å². The number of benzene rings is 1. The van der Waals surface area contributed by atoms with E-state index in [1.165, 1.54) is 19.2 Å². The first-order valence-electron chi connectivity index (χ1n) is 4.82. The fourth-order valence-electron chi connectivity index (χ4n) is 1.21. The lowest BCUT2D eigenvalue weighted by Crippen LogP contribution is -2.15. The van der Waals surface area contributed by atoms with Crippen molar-refractivity contribution < 1.29 is 14.3 Å². The number of nitrogens with one attached hydrogen (secondary N) is 1. The van der Waals surface area contributed by atoms with Crippen LogP contribution in [0, 0.1) is 0 Å². The van der Waals surface area contributed by atoms with E-state index in [4.69, 9.17) is 11.6 Å². The van der Waals surface area contributed by atoms with E-state index in [0.717, 1.165) is 0 Å². The lowest BCUT2D eigenvalue weighted by molar-refractivity contribution is -0.115. The van der Waals surface area contributed by atoms with Gasteiger partial charge in [-0.25, -0.2) is 4.79 Å². The largest absolute Gasteiger partial charge is 0.465 e. The smallest absolute Gasteiger partial charge is 0.339 e. The van der Waals surface area contributed by atoms with Crippen molar-refractivity contribution in [1.82, 2.24) is 0 Å². The summed E-state index contributed by atoms with van der Waals surface area (Å²) in [6.07, 6.45) is 0.313. The highest BCUT2D eigenvalue weighted by molar-refractivity contribution is 9.09. The molecule has 0 radical (unpaired) electrons. The summed E-state index contributed by atoms with van der Waals surface area (Å²) in [5.74, 6) is -0.717. The highest BCUT2D eigenvalue weighted by atomic mass is 79.9. The monoisotopic (exact) mass is 319 g/mol. The van der Waals surface area contributed by atoms with Crippen LogP contribution in [0.25, 0.3) is 0 Å². The number of rotatable bonds is 4. The Kier molecular flexibility index (Phi) is 5.44. The number of halogens is 2. The molecular formula is C11H11BrClNO3. The molecule has 1 rings (SSSR count). The van der Waals surface area contributed by atoms with Gasteiger partial charge in [-0.05, 0) is 18.2 Å². The van der Waals surface area contributed by atoms with Crippen molar-refractivity contribution >= 4 is 45.1 Å². The standard InChI is InChI=1S/C11H11BrClNO3/c1-17-11(16)8-3-2-7(13)6-9(8)14-10(15)4-5-12/h2-3,6H,4-5H2,1H3,(H,14,15). The molecule has 0 aliphatic heterocycles. The molecule has 0 unspecified atom stereocenters. The van der Waals surface area contributed by atoms with Gasteiger partial charge in [-0.3, -0.25) is 4.79 Å². The number of anilines is 1. The Morgan fingerprint density at radius 2 is 2.18 bits per heavy atom. The van der Waals surface area contributed by atoms with Crippen molar-refractivity contribution in [3.8, 4) is 0 Å². The van der Waals surface area contributed by atoms with Crippen LogP contribution in [0.4, 0.5) is 5.69 Å². The summed E-state index contributed by atoms with van der Waals surface area (Å²) in [5.41, 5.74) is 0.634. The summed E-state index contributed by atoms with van der Waals surface area (Å²) < 4.78 is 4.62. The van der Waals surface area contributed by atoms with Crippen LogP contribution in [-0.4, -0.2) is 24.3 Å². The van der Waals surface area contributed by atoms with Gasteiger partial charge in [-0.2, -0.15) is 0 Å². The molecule has 0 aliphatic carbocycles. The number of esters is 1. The van der Waals surface area contributed by atoms with Gasteiger partial charge in [-0.1, -0.05) is 27.5 Å². The van der Waals surface area contributed by atoms with Gasteiger partial charge >= 0.3 is 5.97 Å². The summed E-state index contributed by atoms with van der Waals surface area (Å²) in [6, 6.07) is 4.59. The molecule has 0 bridgehead atoms. The van der Waals surface area contributed by atoms with Crippen LogP contribution < -0.4 is 5.32 Å². The minimum atomic E-state index is -0.518. The Bertz CT molecular complexity index is 437. The van der Waals surface area contributed by atoms with Gasteiger partial charge in [0.15, 0.2) is 0 Å². The number of hydrogen-bond acceptors (Lipinski definition) is 3. The third-order valence-electron chi connectivity index (χ3n) is 1.98. The van der Waals surface area contributed by atoms with E-state index in [-0.39, 0.29) is 11.5 Å². The summed E-state index contributed by atoms with van der Waals surface area (Å²) in [6.45, 7) is 0. The van der Waals surface area contributed by atoms with Gasteiger partial charge in [-0.15, -0.1) is 0 Å². The van der Waals surface area contributed by atoms with Crippen molar-refractivity contribution in [2.75, 3.05) is 17.8 Å². The molecule has 4 nitrogen and oxygen atoms in total. The molecule has 1 aromatic rings. The number of amides is 1. The fraction of sp³-hybridized carbons (Fsp3) is 0.273. The average molecular weight is 321 g/mol. The van der Waals surface area contributed by atoms with Crippen LogP contribution in [0.3, 0.4) is 0 Å². The third kappa shape index (κ3) is 4.02. The highest BCUT2D eigenvalue weighted by Gasteiger charge is 2.14. The number of hydrogen-bond donors (Lipinski definition) is 1. The van der Waals surface area contributed by atoms with E-state index in [2.05, 4.69) is 26.0 Å². The number of carbonyl (C=O) groups excluding carboxylic acids is 2. The maximum atomic E-state index is 11.5. The van der Waals surface area contributed by atoms with Crippen LogP contribution in [0.15, 0.2) is 18.2 Å². The predicted molar refractivity (Wildman–Crippen MR) is 69.8 cm³/mol. The zero-order valence-corrected chi connectivity index (χ0v) is 11.5. The van der Waals surface area contributed by atoms with Crippen molar-refractivity contribution in [1.29, 1.82) is 0 Å². The second-order valence-corrected chi connectivity index (χ2v) is 4.40. The van der Waals surface area contributed by atoms with Gasteiger partial charge in [0.25, 0.3) is 0 Å². The fourth-order valence-corrected chi connectivity index (χ4v) is 1.74. The Hall–Kier alpha value is -1.07. The van der Waals surface area contributed by atoms with Crippen LogP contribution in [0.2, 0.25) is 5.02 Å². The van der Waals surface area contributed by atoms with Crippen molar-refractivity contribution in [3.05, 3.63) is 28.8 Å². The number of methoxy groups -OCH3 is 1. The van der Waals surface area contributed by atoms with E-state index in [1.54, 1.807) is 6.07 Å². The first-order valence-corrected chi connectivity index (χ1v) is 6.32. The van der Waals surface area contributed by atoms with Gasteiger partial charge in [0, 0.05) is 16.8 Å².